The van der Waals surface area contributed by atoms with Crippen molar-refractivity contribution in [3.8, 4) is 0 Å². The van der Waals surface area contributed by atoms with E-state index in [-0.39, 0.29) is 80.7 Å². The summed E-state index contributed by atoms with van der Waals surface area (Å²) in [6, 6.07) is 26.0. The standard InChI is InChI=1S/C47H31N3O8.CH4O3S/c51-40-24-10-1-3-12-26(24)42(53)38-28-14-7-16-30-36(28)34(22-32(38)40)46(57)49(44(30)55)20-6-5-18-48-19-9-21-50-45(56)31-17-8-15-29-37(31)35(47(50)58)23-33-39(29)43(54)27-13-4-2-11-25(27)41(33)52;1-5(2,3)4/h1-4,7-8,10-17,22-23,48H,5-6,9,18-21H2;1H3,(H,2,3,4). The summed E-state index contributed by atoms with van der Waals surface area (Å²) in [5.74, 6) is -3.28. The first kappa shape index (κ1) is 41.0. The first-order valence-electron chi connectivity index (χ1n) is 20.1. The van der Waals surface area contributed by atoms with Crippen molar-refractivity contribution in [3.05, 3.63) is 164 Å². The SMILES string of the molecule is CS(=O)(=O)O.O=C1c2ccccc2C(=O)c2c1cc1c3c(cccc23)C(=O)N(CCCCNCCCN2C(=O)c3cccc4c5c(cc(c34)C2=O)C(=O)c2ccccc2C5=O)C1=O. The summed E-state index contributed by atoms with van der Waals surface area (Å²) < 4.78 is 25.9. The van der Waals surface area contributed by atoms with Crippen molar-refractivity contribution in [2.75, 3.05) is 32.4 Å². The Bertz CT molecular complexity index is 3040. The van der Waals surface area contributed by atoms with Crippen LogP contribution in [0.5, 0.6) is 0 Å². The number of fused-ring (bicyclic) bond motifs is 6. The van der Waals surface area contributed by atoms with Gasteiger partial charge in [0.25, 0.3) is 33.7 Å². The van der Waals surface area contributed by atoms with E-state index in [0.717, 1.165) is 0 Å². The van der Waals surface area contributed by atoms with E-state index in [0.29, 0.717) is 82.4 Å². The van der Waals surface area contributed by atoms with Gasteiger partial charge in [-0.05, 0) is 67.4 Å². The van der Waals surface area contributed by atoms with Gasteiger partial charge >= 0.3 is 0 Å². The number of unbranched alkanes of at least 4 members (excludes halogenated alkanes) is 1. The van der Waals surface area contributed by atoms with Gasteiger partial charge in [-0.3, -0.25) is 52.7 Å². The zero-order valence-corrected chi connectivity index (χ0v) is 34.3. The summed E-state index contributed by atoms with van der Waals surface area (Å²) in [7, 11) is -3.67. The third kappa shape index (κ3) is 6.77. The third-order valence-corrected chi connectivity index (χ3v) is 11.7. The normalized spacial score (nSPS) is 15.0. The number of ketones is 4. The third-order valence-electron chi connectivity index (χ3n) is 11.7. The van der Waals surface area contributed by atoms with Crippen molar-refractivity contribution >= 4 is 78.4 Å². The van der Waals surface area contributed by atoms with E-state index in [4.69, 9.17) is 4.55 Å². The zero-order valence-electron chi connectivity index (χ0n) is 33.5. The van der Waals surface area contributed by atoms with Crippen molar-refractivity contribution in [2.24, 2.45) is 0 Å². The maximum atomic E-state index is 13.8. The van der Waals surface area contributed by atoms with Gasteiger partial charge in [0.2, 0.25) is 0 Å². The molecular weight excluding hydrogens is 827 g/mol. The molecule has 2 aliphatic carbocycles. The molecule has 0 unspecified atom stereocenters. The fourth-order valence-corrected chi connectivity index (χ4v) is 9.01. The highest BCUT2D eigenvalue weighted by Crippen LogP contribution is 2.40. The number of hydrogen-bond donors (Lipinski definition) is 2. The Morgan fingerprint density at radius 1 is 0.444 bits per heavy atom. The van der Waals surface area contributed by atoms with E-state index >= 15 is 0 Å². The molecule has 6 aromatic rings. The summed E-state index contributed by atoms with van der Waals surface area (Å²) >= 11 is 0. The highest BCUT2D eigenvalue weighted by Gasteiger charge is 2.40. The Labute approximate surface area is 359 Å². The average molecular weight is 862 g/mol. The van der Waals surface area contributed by atoms with E-state index < -0.39 is 33.7 Å². The first-order valence-corrected chi connectivity index (χ1v) is 21.9. The minimum absolute atomic E-state index is 0.123. The number of rotatable bonds is 9. The molecule has 0 aromatic heterocycles. The molecule has 4 aliphatic rings. The maximum absolute atomic E-state index is 13.8. The molecule has 314 valence electrons. The monoisotopic (exact) mass is 861 g/mol. The number of carbonyl (C=O) groups is 8. The van der Waals surface area contributed by atoms with Crippen LogP contribution in [0.4, 0.5) is 0 Å². The Morgan fingerprint density at radius 2 is 0.794 bits per heavy atom. The quantitative estimate of drug-likeness (QED) is 0.102. The van der Waals surface area contributed by atoms with Gasteiger partial charge in [-0.15, -0.1) is 0 Å². The van der Waals surface area contributed by atoms with Crippen LogP contribution in [0.1, 0.15) is 124 Å². The first-order chi connectivity index (χ1) is 30.2. The number of amides is 4. The van der Waals surface area contributed by atoms with Crippen LogP contribution in [0.3, 0.4) is 0 Å². The number of nitrogens with zero attached hydrogens (tertiary/aromatic N) is 2. The van der Waals surface area contributed by atoms with Gasteiger partial charge in [-0.25, -0.2) is 0 Å². The van der Waals surface area contributed by atoms with Gasteiger partial charge in [0.05, 0.1) is 6.26 Å². The molecule has 6 aromatic carbocycles. The van der Waals surface area contributed by atoms with Crippen LogP contribution in [0.25, 0.3) is 21.5 Å². The number of hydrogen-bond acceptors (Lipinski definition) is 11. The molecule has 2 aliphatic heterocycles. The van der Waals surface area contributed by atoms with Crippen molar-refractivity contribution < 1.29 is 51.3 Å². The van der Waals surface area contributed by atoms with E-state index in [1.165, 1.54) is 21.9 Å². The molecule has 0 atom stereocenters. The molecule has 2 heterocycles. The fraction of sp³-hybridized carbons (Fsp3) is 0.167. The molecule has 63 heavy (non-hydrogen) atoms. The van der Waals surface area contributed by atoms with Crippen molar-refractivity contribution in [3.63, 3.8) is 0 Å². The summed E-state index contributed by atoms with van der Waals surface area (Å²) in [5.41, 5.74) is 2.91. The van der Waals surface area contributed by atoms with Gasteiger partial charge in [-0.2, -0.15) is 8.42 Å². The predicted octanol–water partition coefficient (Wildman–Crippen LogP) is 5.70. The van der Waals surface area contributed by atoms with E-state index in [1.54, 1.807) is 84.9 Å². The molecule has 0 radical (unpaired) electrons. The lowest BCUT2D eigenvalue weighted by Crippen LogP contribution is -2.42. The van der Waals surface area contributed by atoms with Crippen LogP contribution >= 0.6 is 0 Å². The van der Waals surface area contributed by atoms with Crippen LogP contribution in [-0.2, 0) is 10.1 Å². The molecule has 4 amide bonds. The summed E-state index contributed by atoms with van der Waals surface area (Å²) in [6.07, 6.45) is 2.26. The smallest absolute Gasteiger partial charge is 0.261 e. The largest absolute Gasteiger partial charge is 0.317 e. The highest BCUT2D eigenvalue weighted by molar-refractivity contribution is 7.85. The maximum Gasteiger partial charge on any atom is 0.261 e. The lowest BCUT2D eigenvalue weighted by atomic mass is 9.79. The summed E-state index contributed by atoms with van der Waals surface area (Å²) in [5, 5.41) is 4.89. The van der Waals surface area contributed by atoms with Gasteiger partial charge in [0.1, 0.15) is 0 Å². The Balaban J connectivity index is 0.000000956. The minimum atomic E-state index is -3.67. The lowest BCUT2D eigenvalue weighted by Gasteiger charge is -2.29. The second-order valence-corrected chi connectivity index (χ2v) is 17.1. The second kappa shape index (κ2) is 15.5. The fourth-order valence-electron chi connectivity index (χ4n) is 9.01. The molecule has 0 bridgehead atoms. The van der Waals surface area contributed by atoms with Crippen LogP contribution in [0, 0.1) is 0 Å². The molecule has 0 saturated carbocycles. The zero-order chi connectivity index (χ0) is 44.5. The molecule has 0 saturated heterocycles. The van der Waals surface area contributed by atoms with Gasteiger partial charge in [0, 0.05) is 90.6 Å². The van der Waals surface area contributed by atoms with Crippen LogP contribution in [0.2, 0.25) is 0 Å². The molecule has 0 spiro atoms. The topological polar surface area (TPSA) is 209 Å². The number of benzene rings is 6. The van der Waals surface area contributed by atoms with E-state index in [9.17, 15) is 46.8 Å². The molecule has 10 rings (SSSR count). The van der Waals surface area contributed by atoms with Gasteiger partial charge in [0.15, 0.2) is 23.1 Å². The molecule has 0 fully saturated rings. The molecule has 2 N–H and O–H groups in total. The molecule has 14 nitrogen and oxygen atoms in total. The summed E-state index contributed by atoms with van der Waals surface area (Å²) in [4.78, 5) is 112. The average Bonchev–Trinajstić information content (AvgIpc) is 3.27. The number of carbonyl (C=O) groups excluding carboxylic acids is 8. The lowest BCUT2D eigenvalue weighted by molar-refractivity contribution is 0.0591. The molecular formula is C48H35N3O11S. The van der Waals surface area contributed by atoms with Gasteiger partial charge in [-0.1, -0.05) is 72.8 Å². The molecule has 15 heteroatoms. The number of nitrogens with one attached hydrogen (secondary N) is 1. The number of imide groups is 2. The van der Waals surface area contributed by atoms with Crippen molar-refractivity contribution in [1.82, 2.24) is 15.1 Å². The Kier molecular flexibility index (Phi) is 10.1. The van der Waals surface area contributed by atoms with Crippen LogP contribution in [0.15, 0.2) is 97.1 Å². The highest BCUT2D eigenvalue weighted by atomic mass is 32.2. The predicted molar refractivity (Wildman–Crippen MR) is 229 cm³/mol. The van der Waals surface area contributed by atoms with Crippen molar-refractivity contribution in [1.29, 1.82) is 0 Å². The van der Waals surface area contributed by atoms with Crippen LogP contribution in [-0.4, -0.2) is 102 Å². The van der Waals surface area contributed by atoms with Crippen LogP contribution < -0.4 is 5.32 Å². The van der Waals surface area contributed by atoms with E-state index in [1.807, 2.05) is 0 Å². The minimum Gasteiger partial charge on any atom is -0.317 e. The Morgan fingerprint density at radius 3 is 1.22 bits per heavy atom. The Hall–Kier alpha value is -7.33. The second-order valence-electron chi connectivity index (χ2n) is 15.6. The van der Waals surface area contributed by atoms with Gasteiger partial charge < -0.3 is 5.32 Å². The summed E-state index contributed by atoms with van der Waals surface area (Å²) in [6.45, 7) is 1.28. The van der Waals surface area contributed by atoms with E-state index in [2.05, 4.69) is 5.32 Å². The van der Waals surface area contributed by atoms with Crippen molar-refractivity contribution in [2.45, 2.75) is 19.3 Å².